The monoisotopic (exact) mass is 294 g/mol. The molecule has 0 heterocycles. The van der Waals surface area contributed by atoms with E-state index in [2.05, 4.69) is 23.4 Å². The number of hydrogen-bond acceptors (Lipinski definition) is 2. The Kier molecular flexibility index (Phi) is 7.87. The van der Waals surface area contributed by atoms with Crippen molar-refractivity contribution in [2.24, 2.45) is 0 Å². The maximum atomic E-state index is 13.9. The second kappa shape index (κ2) is 9.42. The van der Waals surface area contributed by atoms with Gasteiger partial charge in [-0.15, -0.1) is 13.2 Å². The Labute approximate surface area is 126 Å². The van der Waals surface area contributed by atoms with E-state index in [-0.39, 0.29) is 6.04 Å². The molecular formula is C17H24F2N2. The van der Waals surface area contributed by atoms with Crippen LogP contribution in [0.4, 0.5) is 8.78 Å². The van der Waals surface area contributed by atoms with E-state index in [0.717, 1.165) is 25.7 Å². The molecule has 116 valence electrons. The van der Waals surface area contributed by atoms with Gasteiger partial charge in [-0.05, 0) is 19.0 Å². The van der Waals surface area contributed by atoms with Crippen molar-refractivity contribution >= 4 is 0 Å². The van der Waals surface area contributed by atoms with Gasteiger partial charge in [0.2, 0.25) is 0 Å². The third-order valence-corrected chi connectivity index (χ3v) is 3.32. The van der Waals surface area contributed by atoms with Gasteiger partial charge in [0.05, 0.1) is 0 Å². The molecule has 0 aliphatic heterocycles. The highest BCUT2D eigenvalue weighted by atomic mass is 19.2. The predicted octanol–water partition coefficient (Wildman–Crippen LogP) is 3.68. The van der Waals surface area contributed by atoms with Gasteiger partial charge in [-0.3, -0.25) is 4.90 Å². The first-order valence-electron chi connectivity index (χ1n) is 7.25. The van der Waals surface area contributed by atoms with Crippen molar-refractivity contribution < 1.29 is 8.78 Å². The number of nitrogens with one attached hydrogen (secondary N) is 1. The van der Waals surface area contributed by atoms with Crippen LogP contribution >= 0.6 is 0 Å². The van der Waals surface area contributed by atoms with Crippen LogP contribution in [0.5, 0.6) is 0 Å². The van der Waals surface area contributed by atoms with E-state index in [1.807, 2.05) is 19.1 Å². The molecule has 0 aliphatic carbocycles. The number of benzene rings is 1. The second-order valence-corrected chi connectivity index (χ2v) is 4.88. The van der Waals surface area contributed by atoms with Crippen molar-refractivity contribution in [2.45, 2.75) is 19.4 Å². The first-order valence-corrected chi connectivity index (χ1v) is 7.25. The van der Waals surface area contributed by atoms with Crippen molar-refractivity contribution in [1.82, 2.24) is 10.2 Å². The lowest BCUT2D eigenvalue weighted by atomic mass is 10.0. The standard InChI is InChI=1S/C17H24F2N2/c1-4-11-21(12-5-2)13-10-16(20-6-3)14-8-7-9-15(18)17(14)19/h4-5,7-9,16,20H,1-2,6,10-13H2,3H3. The maximum absolute atomic E-state index is 13.9. The van der Waals surface area contributed by atoms with E-state index in [1.165, 1.54) is 0 Å². The molecule has 21 heavy (non-hydrogen) atoms. The summed E-state index contributed by atoms with van der Waals surface area (Å²) in [6.45, 7) is 12.4. The van der Waals surface area contributed by atoms with Gasteiger partial charge >= 0.3 is 0 Å². The Morgan fingerprint density at radius 1 is 1.24 bits per heavy atom. The lowest BCUT2D eigenvalue weighted by molar-refractivity contribution is 0.305. The lowest BCUT2D eigenvalue weighted by Gasteiger charge is -2.24. The first-order chi connectivity index (χ1) is 10.1. The van der Waals surface area contributed by atoms with Gasteiger partial charge < -0.3 is 5.32 Å². The SMILES string of the molecule is C=CCN(CC=C)CCC(NCC)c1cccc(F)c1F. The third-order valence-electron chi connectivity index (χ3n) is 3.32. The van der Waals surface area contributed by atoms with Crippen molar-refractivity contribution in [1.29, 1.82) is 0 Å². The normalized spacial score (nSPS) is 12.4. The number of halogens is 2. The Hall–Kier alpha value is -1.52. The summed E-state index contributed by atoms with van der Waals surface area (Å²) < 4.78 is 27.3. The van der Waals surface area contributed by atoms with Crippen LogP contribution in [-0.4, -0.2) is 31.1 Å². The van der Waals surface area contributed by atoms with E-state index in [1.54, 1.807) is 12.1 Å². The van der Waals surface area contributed by atoms with Crippen LogP contribution in [0.2, 0.25) is 0 Å². The topological polar surface area (TPSA) is 15.3 Å². The molecule has 0 bridgehead atoms. The number of rotatable bonds is 10. The van der Waals surface area contributed by atoms with Gasteiger partial charge in [0.1, 0.15) is 0 Å². The van der Waals surface area contributed by atoms with Gasteiger partial charge in [0.25, 0.3) is 0 Å². The van der Waals surface area contributed by atoms with Crippen LogP contribution < -0.4 is 5.32 Å². The average molecular weight is 294 g/mol. The van der Waals surface area contributed by atoms with Gasteiger partial charge in [-0.25, -0.2) is 8.78 Å². The molecule has 1 aromatic rings. The van der Waals surface area contributed by atoms with Crippen molar-refractivity contribution in [2.75, 3.05) is 26.2 Å². The zero-order valence-corrected chi connectivity index (χ0v) is 12.6. The van der Waals surface area contributed by atoms with Crippen molar-refractivity contribution in [3.8, 4) is 0 Å². The van der Waals surface area contributed by atoms with E-state index in [4.69, 9.17) is 0 Å². The van der Waals surface area contributed by atoms with E-state index in [9.17, 15) is 8.78 Å². The Morgan fingerprint density at radius 2 is 1.90 bits per heavy atom. The highest BCUT2D eigenvalue weighted by Crippen LogP contribution is 2.22. The molecular weight excluding hydrogens is 270 g/mol. The quantitative estimate of drug-likeness (QED) is 0.662. The summed E-state index contributed by atoms with van der Waals surface area (Å²) in [5.41, 5.74) is 0.383. The average Bonchev–Trinajstić information content (AvgIpc) is 2.47. The minimum absolute atomic E-state index is 0.206. The Bertz CT molecular complexity index is 450. The molecule has 0 aromatic heterocycles. The predicted molar refractivity (Wildman–Crippen MR) is 84.2 cm³/mol. The van der Waals surface area contributed by atoms with Crippen LogP contribution in [0.3, 0.4) is 0 Å². The summed E-state index contributed by atoms with van der Waals surface area (Å²) in [6.07, 6.45) is 4.35. The van der Waals surface area contributed by atoms with Crippen LogP contribution in [0.15, 0.2) is 43.5 Å². The molecule has 1 rings (SSSR count). The molecule has 1 aromatic carbocycles. The largest absolute Gasteiger partial charge is 0.310 e. The van der Waals surface area contributed by atoms with Gasteiger partial charge in [0, 0.05) is 31.2 Å². The fourth-order valence-corrected chi connectivity index (χ4v) is 2.34. The molecule has 0 amide bonds. The highest BCUT2D eigenvalue weighted by Gasteiger charge is 2.18. The molecule has 0 fully saturated rings. The fourth-order valence-electron chi connectivity index (χ4n) is 2.34. The summed E-state index contributed by atoms with van der Waals surface area (Å²) in [4.78, 5) is 2.15. The molecule has 0 spiro atoms. The van der Waals surface area contributed by atoms with Crippen LogP contribution in [0.1, 0.15) is 24.9 Å². The van der Waals surface area contributed by atoms with E-state index < -0.39 is 11.6 Å². The molecule has 4 heteroatoms. The molecule has 1 N–H and O–H groups in total. The first kappa shape index (κ1) is 17.5. The summed E-state index contributed by atoms with van der Waals surface area (Å²) in [5, 5.41) is 3.22. The van der Waals surface area contributed by atoms with Crippen LogP contribution in [0.25, 0.3) is 0 Å². The minimum atomic E-state index is -0.801. The summed E-state index contributed by atoms with van der Waals surface area (Å²) >= 11 is 0. The van der Waals surface area contributed by atoms with Crippen molar-refractivity contribution in [3.63, 3.8) is 0 Å². The van der Waals surface area contributed by atoms with E-state index in [0.29, 0.717) is 18.5 Å². The van der Waals surface area contributed by atoms with Crippen LogP contribution in [-0.2, 0) is 0 Å². The molecule has 1 atom stereocenters. The minimum Gasteiger partial charge on any atom is -0.310 e. The number of hydrogen-bond donors (Lipinski definition) is 1. The summed E-state index contributed by atoms with van der Waals surface area (Å²) in [7, 11) is 0. The second-order valence-electron chi connectivity index (χ2n) is 4.88. The molecule has 1 unspecified atom stereocenters. The molecule has 0 saturated carbocycles. The summed E-state index contributed by atoms with van der Waals surface area (Å²) in [6, 6.07) is 4.12. The Morgan fingerprint density at radius 3 is 2.48 bits per heavy atom. The molecule has 0 radical (unpaired) electrons. The number of nitrogens with zero attached hydrogens (tertiary/aromatic N) is 1. The molecule has 0 aliphatic rings. The van der Waals surface area contributed by atoms with Gasteiger partial charge in [0.15, 0.2) is 11.6 Å². The molecule has 0 saturated heterocycles. The summed E-state index contributed by atoms with van der Waals surface area (Å²) in [5.74, 6) is -1.56. The lowest BCUT2D eigenvalue weighted by Crippen LogP contribution is -2.30. The van der Waals surface area contributed by atoms with Gasteiger partial charge in [-0.2, -0.15) is 0 Å². The Balaban J connectivity index is 2.79. The van der Waals surface area contributed by atoms with Crippen LogP contribution in [0, 0.1) is 11.6 Å². The van der Waals surface area contributed by atoms with Crippen molar-refractivity contribution in [3.05, 3.63) is 60.7 Å². The smallest absolute Gasteiger partial charge is 0.163 e. The molecule has 2 nitrogen and oxygen atoms in total. The third kappa shape index (κ3) is 5.40. The maximum Gasteiger partial charge on any atom is 0.163 e. The van der Waals surface area contributed by atoms with Gasteiger partial charge in [-0.1, -0.05) is 31.2 Å². The van der Waals surface area contributed by atoms with E-state index >= 15 is 0 Å². The zero-order valence-electron chi connectivity index (χ0n) is 12.6. The zero-order chi connectivity index (χ0) is 15.7. The fraction of sp³-hybridized carbons (Fsp3) is 0.412. The highest BCUT2D eigenvalue weighted by molar-refractivity contribution is 5.22.